The van der Waals surface area contributed by atoms with Crippen LogP contribution >= 0.6 is 0 Å². The maximum absolute atomic E-state index is 9.67. The number of pyridine rings is 1. The molecular weight excluding hydrogens is 230 g/mol. The van der Waals surface area contributed by atoms with Crippen molar-refractivity contribution in [2.24, 2.45) is 5.73 Å². The molecule has 4 atom stereocenters. The monoisotopic (exact) mass is 251 g/mol. The van der Waals surface area contributed by atoms with Gasteiger partial charge in [0, 0.05) is 31.5 Å². The van der Waals surface area contributed by atoms with Crippen LogP contribution in [0, 0.1) is 0 Å². The van der Waals surface area contributed by atoms with Crippen molar-refractivity contribution in [2.75, 3.05) is 13.1 Å². The van der Waals surface area contributed by atoms with Gasteiger partial charge in [0.25, 0.3) is 0 Å². The van der Waals surface area contributed by atoms with Crippen LogP contribution < -0.4 is 5.73 Å². The lowest BCUT2D eigenvalue weighted by Crippen LogP contribution is -2.40. The molecule has 1 saturated heterocycles. The number of aliphatic hydroxyl groups excluding tert-OH is 2. The Morgan fingerprint density at radius 3 is 2.39 bits per heavy atom. The Labute approximate surface area is 107 Å². The Bertz CT molecular complexity index is 364. The molecule has 18 heavy (non-hydrogen) atoms. The summed E-state index contributed by atoms with van der Waals surface area (Å²) in [6.07, 6.45) is 2.97. The second-order valence-electron chi connectivity index (χ2n) is 4.89. The Morgan fingerprint density at radius 1 is 1.33 bits per heavy atom. The van der Waals surface area contributed by atoms with Crippen LogP contribution in [0.2, 0.25) is 0 Å². The highest BCUT2D eigenvalue weighted by atomic mass is 16.3. The molecule has 0 bridgehead atoms. The molecule has 5 heteroatoms. The number of aliphatic hydroxyl groups is 2. The average molecular weight is 251 g/mol. The smallest absolute Gasteiger partial charge is 0.0938 e. The van der Waals surface area contributed by atoms with Crippen molar-refractivity contribution in [3.05, 3.63) is 30.1 Å². The Kier molecular flexibility index (Phi) is 4.29. The molecule has 1 aromatic heterocycles. The van der Waals surface area contributed by atoms with Gasteiger partial charge in [-0.15, -0.1) is 0 Å². The van der Waals surface area contributed by atoms with Gasteiger partial charge in [0.15, 0.2) is 0 Å². The third-order valence-corrected chi connectivity index (χ3v) is 3.61. The van der Waals surface area contributed by atoms with Crippen LogP contribution in [0.4, 0.5) is 0 Å². The van der Waals surface area contributed by atoms with E-state index in [1.165, 1.54) is 0 Å². The van der Waals surface area contributed by atoms with E-state index in [1.54, 1.807) is 12.4 Å². The van der Waals surface area contributed by atoms with Crippen molar-refractivity contribution in [3.8, 4) is 0 Å². The number of rotatable bonds is 4. The molecular formula is C13H21N3O2. The van der Waals surface area contributed by atoms with Crippen molar-refractivity contribution in [1.29, 1.82) is 0 Å². The predicted molar refractivity (Wildman–Crippen MR) is 68.8 cm³/mol. The third kappa shape index (κ3) is 2.70. The number of hydrogen-bond acceptors (Lipinski definition) is 5. The van der Waals surface area contributed by atoms with Crippen LogP contribution in [0.5, 0.6) is 0 Å². The topological polar surface area (TPSA) is 82.6 Å². The minimum atomic E-state index is -0.682. The van der Waals surface area contributed by atoms with E-state index in [-0.39, 0.29) is 12.1 Å². The van der Waals surface area contributed by atoms with Gasteiger partial charge in [-0.05, 0) is 24.1 Å². The van der Waals surface area contributed by atoms with Gasteiger partial charge in [-0.3, -0.25) is 9.88 Å². The standard InChI is InChI=1S/C13H21N3O2/c1-2-10(14)13(9-3-5-15-6-4-9)16-7-11(17)12(18)8-16/h3-6,10-13,17-18H,2,7-8,14H2,1H3. The summed E-state index contributed by atoms with van der Waals surface area (Å²) in [5.74, 6) is 0. The number of hydrogen-bond donors (Lipinski definition) is 3. The normalized spacial score (nSPS) is 28.2. The molecule has 4 unspecified atom stereocenters. The zero-order valence-electron chi connectivity index (χ0n) is 10.6. The lowest BCUT2D eigenvalue weighted by molar-refractivity contribution is 0.0572. The number of nitrogens with two attached hydrogens (primary N) is 1. The fraction of sp³-hybridized carbons (Fsp3) is 0.615. The van der Waals surface area contributed by atoms with E-state index in [0.717, 1.165) is 12.0 Å². The van der Waals surface area contributed by atoms with Crippen LogP contribution in [0.25, 0.3) is 0 Å². The Morgan fingerprint density at radius 2 is 1.89 bits per heavy atom. The average Bonchev–Trinajstić information content (AvgIpc) is 2.70. The minimum absolute atomic E-state index is 0.0183. The first-order chi connectivity index (χ1) is 8.63. The number of β-amino-alcohol motifs (C(OH)–C–C–N with tert-alkyl or cyclic N) is 2. The Hall–Kier alpha value is -1.01. The van der Waals surface area contributed by atoms with Crippen LogP contribution in [0.1, 0.15) is 24.9 Å². The summed E-state index contributed by atoms with van der Waals surface area (Å²) in [6, 6.07) is 3.88. The highest BCUT2D eigenvalue weighted by molar-refractivity contribution is 5.18. The fourth-order valence-corrected chi connectivity index (χ4v) is 2.54. The van der Waals surface area contributed by atoms with Gasteiger partial charge in [-0.1, -0.05) is 6.92 Å². The summed E-state index contributed by atoms with van der Waals surface area (Å²) in [4.78, 5) is 6.07. The van der Waals surface area contributed by atoms with Gasteiger partial charge in [0.05, 0.1) is 18.2 Å². The van der Waals surface area contributed by atoms with E-state index >= 15 is 0 Å². The highest BCUT2D eigenvalue weighted by Gasteiger charge is 2.36. The van der Waals surface area contributed by atoms with Crippen molar-refractivity contribution >= 4 is 0 Å². The summed E-state index contributed by atoms with van der Waals surface area (Å²) in [7, 11) is 0. The second-order valence-corrected chi connectivity index (χ2v) is 4.89. The summed E-state index contributed by atoms with van der Waals surface area (Å²) in [5.41, 5.74) is 7.28. The van der Waals surface area contributed by atoms with Gasteiger partial charge in [-0.2, -0.15) is 0 Å². The highest BCUT2D eigenvalue weighted by Crippen LogP contribution is 2.28. The molecule has 1 aliphatic heterocycles. The summed E-state index contributed by atoms with van der Waals surface area (Å²) in [5, 5.41) is 19.3. The molecule has 1 aromatic rings. The van der Waals surface area contributed by atoms with E-state index in [4.69, 9.17) is 5.73 Å². The van der Waals surface area contributed by atoms with Crippen molar-refractivity contribution in [2.45, 2.75) is 37.6 Å². The molecule has 0 saturated carbocycles. The zero-order chi connectivity index (χ0) is 13.1. The Balaban J connectivity index is 2.21. The zero-order valence-corrected chi connectivity index (χ0v) is 10.6. The van der Waals surface area contributed by atoms with Crippen molar-refractivity contribution < 1.29 is 10.2 Å². The maximum Gasteiger partial charge on any atom is 0.0938 e. The summed E-state index contributed by atoms with van der Waals surface area (Å²) < 4.78 is 0. The van der Waals surface area contributed by atoms with Crippen LogP contribution in [0.3, 0.4) is 0 Å². The molecule has 0 amide bonds. The number of aromatic nitrogens is 1. The molecule has 5 nitrogen and oxygen atoms in total. The summed E-state index contributed by atoms with van der Waals surface area (Å²) >= 11 is 0. The molecule has 100 valence electrons. The molecule has 0 spiro atoms. The van der Waals surface area contributed by atoms with Crippen LogP contribution in [-0.4, -0.2) is 51.4 Å². The lowest BCUT2D eigenvalue weighted by atomic mass is 9.97. The van der Waals surface area contributed by atoms with Crippen molar-refractivity contribution in [1.82, 2.24) is 9.88 Å². The molecule has 2 rings (SSSR count). The number of likely N-dealkylation sites (tertiary alicyclic amines) is 1. The molecule has 0 aromatic carbocycles. The predicted octanol–water partition coefficient (Wildman–Crippen LogP) is -0.103. The van der Waals surface area contributed by atoms with Gasteiger partial charge in [-0.25, -0.2) is 0 Å². The first kappa shape index (κ1) is 13.4. The van der Waals surface area contributed by atoms with Gasteiger partial charge in [0.1, 0.15) is 0 Å². The first-order valence-electron chi connectivity index (χ1n) is 6.39. The van der Waals surface area contributed by atoms with E-state index < -0.39 is 12.2 Å². The van der Waals surface area contributed by atoms with Gasteiger partial charge >= 0.3 is 0 Å². The third-order valence-electron chi connectivity index (χ3n) is 3.61. The SMILES string of the molecule is CCC(N)C(c1ccncc1)N1CC(O)C(O)C1. The molecule has 2 heterocycles. The molecule has 4 N–H and O–H groups in total. The number of nitrogens with zero attached hydrogens (tertiary/aromatic N) is 2. The molecule has 0 radical (unpaired) electrons. The summed E-state index contributed by atoms with van der Waals surface area (Å²) in [6.45, 7) is 2.96. The molecule has 0 aliphatic carbocycles. The first-order valence-corrected chi connectivity index (χ1v) is 6.39. The van der Waals surface area contributed by atoms with Gasteiger partial charge < -0.3 is 15.9 Å². The van der Waals surface area contributed by atoms with E-state index in [1.807, 2.05) is 19.1 Å². The quantitative estimate of drug-likeness (QED) is 0.696. The van der Waals surface area contributed by atoms with E-state index in [0.29, 0.717) is 13.1 Å². The molecule has 1 fully saturated rings. The van der Waals surface area contributed by atoms with Crippen LogP contribution in [0.15, 0.2) is 24.5 Å². The maximum atomic E-state index is 9.67. The van der Waals surface area contributed by atoms with Crippen molar-refractivity contribution in [3.63, 3.8) is 0 Å². The lowest BCUT2D eigenvalue weighted by Gasteiger charge is -2.32. The van der Waals surface area contributed by atoms with Crippen LogP contribution in [-0.2, 0) is 0 Å². The minimum Gasteiger partial charge on any atom is -0.389 e. The van der Waals surface area contributed by atoms with E-state index in [2.05, 4.69) is 9.88 Å². The molecule has 1 aliphatic rings. The van der Waals surface area contributed by atoms with Gasteiger partial charge in [0.2, 0.25) is 0 Å². The largest absolute Gasteiger partial charge is 0.389 e. The fourth-order valence-electron chi connectivity index (χ4n) is 2.54. The van der Waals surface area contributed by atoms with E-state index in [9.17, 15) is 10.2 Å². The second kappa shape index (κ2) is 5.75.